The van der Waals surface area contributed by atoms with E-state index in [1.807, 2.05) is 43.3 Å². The molecule has 0 bridgehead atoms. The van der Waals surface area contributed by atoms with Crippen molar-refractivity contribution in [1.29, 1.82) is 0 Å². The lowest BCUT2D eigenvalue weighted by Gasteiger charge is -2.21. The molecule has 0 saturated carbocycles. The van der Waals surface area contributed by atoms with Crippen molar-refractivity contribution < 1.29 is 4.79 Å². The molecule has 0 saturated heterocycles. The molecule has 1 heterocycles. The first-order valence-electron chi connectivity index (χ1n) is 6.27. The molecule has 0 unspecified atom stereocenters. The topological polar surface area (TPSA) is 59.2 Å². The van der Waals surface area contributed by atoms with E-state index in [0.29, 0.717) is 18.7 Å². The molecule has 1 amide bonds. The number of aromatic nitrogens is 1. The van der Waals surface area contributed by atoms with E-state index in [-0.39, 0.29) is 5.91 Å². The molecule has 0 aliphatic rings. The van der Waals surface area contributed by atoms with Gasteiger partial charge in [-0.15, -0.1) is 0 Å². The predicted octanol–water partition coefficient (Wildman–Crippen LogP) is 2.21. The van der Waals surface area contributed by atoms with Gasteiger partial charge in [0.05, 0.1) is 0 Å². The van der Waals surface area contributed by atoms with E-state index in [1.165, 1.54) is 0 Å². The van der Waals surface area contributed by atoms with Gasteiger partial charge in [0.15, 0.2) is 0 Å². The fraction of sp³-hybridized carbons (Fsp3) is 0.200. The number of anilines is 1. The molecule has 98 valence electrons. The summed E-state index contributed by atoms with van der Waals surface area (Å²) >= 11 is 0. The number of nitrogens with zero attached hydrogens (tertiary/aromatic N) is 2. The molecule has 2 N–H and O–H groups in total. The van der Waals surface area contributed by atoms with E-state index < -0.39 is 0 Å². The summed E-state index contributed by atoms with van der Waals surface area (Å²) in [5, 5.41) is 0. The van der Waals surface area contributed by atoms with Gasteiger partial charge in [0.1, 0.15) is 0 Å². The van der Waals surface area contributed by atoms with Gasteiger partial charge in [0, 0.05) is 36.7 Å². The van der Waals surface area contributed by atoms with E-state index in [2.05, 4.69) is 4.98 Å². The van der Waals surface area contributed by atoms with E-state index in [0.717, 1.165) is 11.3 Å². The minimum atomic E-state index is -0.0241. The van der Waals surface area contributed by atoms with Crippen LogP contribution in [0.2, 0.25) is 0 Å². The lowest BCUT2D eigenvalue weighted by molar-refractivity contribution is 0.0988. The summed E-state index contributed by atoms with van der Waals surface area (Å²) in [5.74, 6) is -0.0241. The Morgan fingerprint density at radius 1 is 1.26 bits per heavy atom. The number of nitrogens with two attached hydrogens (primary N) is 1. The Labute approximate surface area is 112 Å². The van der Waals surface area contributed by atoms with Crippen LogP contribution in [0.1, 0.15) is 22.8 Å². The van der Waals surface area contributed by atoms with Gasteiger partial charge in [0.2, 0.25) is 0 Å². The molecule has 2 aromatic rings. The van der Waals surface area contributed by atoms with Crippen molar-refractivity contribution in [2.75, 3.05) is 11.4 Å². The van der Waals surface area contributed by atoms with E-state index in [4.69, 9.17) is 5.73 Å². The van der Waals surface area contributed by atoms with Crippen LogP contribution in [-0.4, -0.2) is 17.4 Å². The van der Waals surface area contributed by atoms with Crippen molar-refractivity contribution in [2.24, 2.45) is 5.73 Å². The first kappa shape index (κ1) is 13.2. The number of hydrogen-bond donors (Lipinski definition) is 1. The largest absolute Gasteiger partial charge is 0.326 e. The maximum absolute atomic E-state index is 12.5. The van der Waals surface area contributed by atoms with Gasteiger partial charge in [-0.05, 0) is 36.8 Å². The summed E-state index contributed by atoms with van der Waals surface area (Å²) in [7, 11) is 0. The zero-order valence-electron chi connectivity index (χ0n) is 10.9. The van der Waals surface area contributed by atoms with Gasteiger partial charge < -0.3 is 10.6 Å². The molecule has 4 heteroatoms. The van der Waals surface area contributed by atoms with Crippen LogP contribution in [0.25, 0.3) is 0 Å². The van der Waals surface area contributed by atoms with Crippen LogP contribution in [0, 0.1) is 0 Å². The molecule has 0 aliphatic carbocycles. The Bertz CT molecular complexity index is 554. The molecule has 2 rings (SSSR count). The average molecular weight is 255 g/mol. The van der Waals surface area contributed by atoms with Crippen LogP contribution in [0.4, 0.5) is 5.69 Å². The van der Waals surface area contributed by atoms with Gasteiger partial charge in [-0.1, -0.05) is 12.1 Å². The van der Waals surface area contributed by atoms with Crippen molar-refractivity contribution >= 4 is 11.6 Å². The third-order valence-corrected chi connectivity index (χ3v) is 2.95. The summed E-state index contributed by atoms with van der Waals surface area (Å²) < 4.78 is 0. The number of benzene rings is 1. The second kappa shape index (κ2) is 6.11. The maximum Gasteiger partial charge on any atom is 0.258 e. The number of carbonyl (C=O) groups is 1. The zero-order valence-corrected chi connectivity index (χ0v) is 10.9. The van der Waals surface area contributed by atoms with Crippen LogP contribution < -0.4 is 10.6 Å². The third kappa shape index (κ3) is 2.98. The highest BCUT2D eigenvalue weighted by Gasteiger charge is 2.15. The molecule has 0 aliphatic heterocycles. The van der Waals surface area contributed by atoms with Crippen molar-refractivity contribution in [3.8, 4) is 0 Å². The van der Waals surface area contributed by atoms with Gasteiger partial charge in [-0.25, -0.2) is 0 Å². The molecule has 0 spiro atoms. The fourth-order valence-corrected chi connectivity index (χ4v) is 1.95. The Balaban J connectivity index is 2.30. The van der Waals surface area contributed by atoms with E-state index in [9.17, 15) is 4.79 Å². The number of carbonyl (C=O) groups excluding carboxylic acids is 1. The molecule has 19 heavy (non-hydrogen) atoms. The standard InChI is InChI=1S/C15H17N3O/c1-2-18(14-6-8-17-9-7-14)15(19)13-5-3-4-12(10-13)11-16/h3-10H,2,11,16H2,1H3. The van der Waals surface area contributed by atoms with Crippen molar-refractivity contribution in [1.82, 2.24) is 4.98 Å². The summed E-state index contributed by atoms with van der Waals surface area (Å²) in [6.45, 7) is 2.99. The zero-order chi connectivity index (χ0) is 13.7. The molecular formula is C15H17N3O. The molecular weight excluding hydrogens is 238 g/mol. The van der Waals surface area contributed by atoms with Crippen LogP contribution in [0.3, 0.4) is 0 Å². The first-order chi connectivity index (χ1) is 9.26. The average Bonchev–Trinajstić information content (AvgIpc) is 2.49. The van der Waals surface area contributed by atoms with Crippen molar-refractivity contribution in [2.45, 2.75) is 13.5 Å². The highest BCUT2D eigenvalue weighted by atomic mass is 16.2. The summed E-state index contributed by atoms with van der Waals surface area (Å²) in [5.41, 5.74) is 8.06. The minimum absolute atomic E-state index is 0.0241. The monoisotopic (exact) mass is 255 g/mol. The second-order valence-electron chi connectivity index (χ2n) is 4.16. The van der Waals surface area contributed by atoms with Crippen LogP contribution in [0.5, 0.6) is 0 Å². The number of hydrogen-bond acceptors (Lipinski definition) is 3. The highest BCUT2D eigenvalue weighted by Crippen LogP contribution is 2.16. The highest BCUT2D eigenvalue weighted by molar-refractivity contribution is 6.06. The summed E-state index contributed by atoms with van der Waals surface area (Å²) in [6.07, 6.45) is 3.36. The van der Waals surface area contributed by atoms with Crippen LogP contribution >= 0.6 is 0 Å². The Morgan fingerprint density at radius 2 is 2.00 bits per heavy atom. The Morgan fingerprint density at radius 3 is 2.63 bits per heavy atom. The fourth-order valence-electron chi connectivity index (χ4n) is 1.95. The number of rotatable bonds is 4. The van der Waals surface area contributed by atoms with Crippen LogP contribution in [0.15, 0.2) is 48.8 Å². The lowest BCUT2D eigenvalue weighted by Crippen LogP contribution is -2.30. The normalized spacial score (nSPS) is 10.2. The third-order valence-electron chi connectivity index (χ3n) is 2.95. The SMILES string of the molecule is CCN(C(=O)c1cccc(CN)c1)c1ccncc1. The number of pyridine rings is 1. The maximum atomic E-state index is 12.5. The smallest absolute Gasteiger partial charge is 0.258 e. The Kier molecular flexibility index (Phi) is 4.26. The molecule has 0 radical (unpaired) electrons. The lowest BCUT2D eigenvalue weighted by atomic mass is 10.1. The van der Waals surface area contributed by atoms with E-state index in [1.54, 1.807) is 17.3 Å². The first-order valence-corrected chi connectivity index (χ1v) is 6.27. The Hall–Kier alpha value is -2.20. The second-order valence-corrected chi connectivity index (χ2v) is 4.16. The summed E-state index contributed by atoms with van der Waals surface area (Å²) in [4.78, 5) is 18.2. The van der Waals surface area contributed by atoms with Gasteiger partial charge >= 0.3 is 0 Å². The van der Waals surface area contributed by atoms with Crippen LogP contribution in [-0.2, 0) is 6.54 Å². The molecule has 4 nitrogen and oxygen atoms in total. The van der Waals surface area contributed by atoms with Crippen molar-refractivity contribution in [3.05, 3.63) is 59.9 Å². The minimum Gasteiger partial charge on any atom is -0.326 e. The number of amides is 1. The van der Waals surface area contributed by atoms with E-state index >= 15 is 0 Å². The molecule has 0 atom stereocenters. The molecule has 1 aromatic carbocycles. The van der Waals surface area contributed by atoms with Gasteiger partial charge in [0.25, 0.3) is 5.91 Å². The van der Waals surface area contributed by atoms with Gasteiger partial charge in [-0.3, -0.25) is 9.78 Å². The van der Waals surface area contributed by atoms with Crippen molar-refractivity contribution in [3.63, 3.8) is 0 Å². The van der Waals surface area contributed by atoms with Gasteiger partial charge in [-0.2, -0.15) is 0 Å². The molecule has 1 aromatic heterocycles. The molecule has 0 fully saturated rings. The summed E-state index contributed by atoms with van der Waals surface area (Å²) in [6, 6.07) is 11.1. The predicted molar refractivity (Wildman–Crippen MR) is 75.9 cm³/mol. The quantitative estimate of drug-likeness (QED) is 0.911.